The minimum atomic E-state index is -0.797. The number of thioether (sulfide) groups is 1. The Bertz CT molecular complexity index is 463. The number of benzene rings is 1. The summed E-state index contributed by atoms with van der Waals surface area (Å²) in [5, 5.41) is 0.389. The summed E-state index contributed by atoms with van der Waals surface area (Å²) >= 11 is 1.82. The lowest BCUT2D eigenvalue weighted by Gasteiger charge is -2.35. The summed E-state index contributed by atoms with van der Waals surface area (Å²) in [4.78, 5) is 13.0. The second kappa shape index (κ2) is 5.97. The van der Waals surface area contributed by atoms with E-state index in [0.717, 1.165) is 19.3 Å². The number of rotatable bonds is 3. The third-order valence-corrected chi connectivity index (χ3v) is 4.89. The topological polar surface area (TPSA) is 52.3 Å². The highest BCUT2D eigenvalue weighted by molar-refractivity contribution is 8.00. The minimum absolute atomic E-state index is 0.276. The van der Waals surface area contributed by atoms with Gasteiger partial charge in [0.05, 0.1) is 7.11 Å². The van der Waals surface area contributed by atoms with Gasteiger partial charge in [0, 0.05) is 10.1 Å². The van der Waals surface area contributed by atoms with Crippen molar-refractivity contribution in [2.75, 3.05) is 7.11 Å². The molecule has 2 N–H and O–H groups in total. The normalized spacial score (nSPS) is 27.0. The molecular weight excluding hydrogens is 258 g/mol. The van der Waals surface area contributed by atoms with Gasteiger partial charge in [0.25, 0.3) is 0 Å². The summed E-state index contributed by atoms with van der Waals surface area (Å²) in [5.74, 6) is -0.276. The fourth-order valence-electron chi connectivity index (χ4n) is 2.63. The summed E-state index contributed by atoms with van der Waals surface area (Å²) in [6, 6.07) is 8.45. The van der Waals surface area contributed by atoms with Gasteiger partial charge in [-0.05, 0) is 44.7 Å². The molecule has 0 bridgehead atoms. The molecule has 1 aliphatic rings. The van der Waals surface area contributed by atoms with Gasteiger partial charge in [0.15, 0.2) is 0 Å². The van der Waals surface area contributed by atoms with Crippen molar-refractivity contribution >= 4 is 17.7 Å². The van der Waals surface area contributed by atoms with Crippen molar-refractivity contribution in [1.82, 2.24) is 0 Å². The van der Waals surface area contributed by atoms with E-state index in [0.29, 0.717) is 11.7 Å². The van der Waals surface area contributed by atoms with Crippen LogP contribution >= 0.6 is 11.8 Å². The van der Waals surface area contributed by atoms with Crippen LogP contribution in [0.2, 0.25) is 0 Å². The quantitative estimate of drug-likeness (QED) is 0.864. The Balaban J connectivity index is 2.04. The van der Waals surface area contributed by atoms with Crippen LogP contribution in [-0.4, -0.2) is 23.9 Å². The number of nitrogens with two attached hydrogens (primary N) is 1. The van der Waals surface area contributed by atoms with Gasteiger partial charge in [-0.15, -0.1) is 11.8 Å². The molecule has 0 aromatic heterocycles. The first kappa shape index (κ1) is 14.4. The van der Waals surface area contributed by atoms with Gasteiger partial charge in [-0.3, -0.25) is 4.79 Å². The van der Waals surface area contributed by atoms with Crippen LogP contribution in [0.4, 0.5) is 0 Å². The van der Waals surface area contributed by atoms with E-state index in [-0.39, 0.29) is 5.97 Å². The van der Waals surface area contributed by atoms with Gasteiger partial charge in [0.1, 0.15) is 5.54 Å². The summed E-state index contributed by atoms with van der Waals surface area (Å²) in [6.07, 6.45) is 3.51. The van der Waals surface area contributed by atoms with E-state index in [1.165, 1.54) is 17.6 Å². The maximum absolute atomic E-state index is 11.8. The van der Waals surface area contributed by atoms with Gasteiger partial charge in [-0.1, -0.05) is 17.7 Å². The Hall–Kier alpha value is -1.00. The third kappa shape index (κ3) is 3.51. The van der Waals surface area contributed by atoms with E-state index in [4.69, 9.17) is 10.5 Å². The number of hydrogen-bond donors (Lipinski definition) is 1. The number of aryl methyl sites for hydroxylation is 1. The Morgan fingerprint density at radius 1 is 1.53 bits per heavy atom. The van der Waals surface area contributed by atoms with Crippen LogP contribution in [-0.2, 0) is 9.53 Å². The molecule has 1 saturated carbocycles. The Labute approximate surface area is 118 Å². The van der Waals surface area contributed by atoms with E-state index < -0.39 is 5.54 Å². The maximum Gasteiger partial charge on any atom is 0.325 e. The molecule has 0 aliphatic heterocycles. The van der Waals surface area contributed by atoms with E-state index in [9.17, 15) is 4.79 Å². The first-order chi connectivity index (χ1) is 9.03. The molecule has 4 heteroatoms. The summed E-state index contributed by atoms with van der Waals surface area (Å²) in [6.45, 7) is 2.09. The summed E-state index contributed by atoms with van der Waals surface area (Å²) in [7, 11) is 1.41. The third-order valence-electron chi connectivity index (χ3n) is 3.63. The number of ether oxygens (including phenoxy) is 1. The number of methoxy groups -OCH3 is 1. The van der Waals surface area contributed by atoms with Crippen molar-refractivity contribution in [3.63, 3.8) is 0 Å². The molecule has 1 fully saturated rings. The highest BCUT2D eigenvalue weighted by Crippen LogP contribution is 2.37. The lowest BCUT2D eigenvalue weighted by molar-refractivity contribution is -0.148. The molecule has 104 valence electrons. The monoisotopic (exact) mass is 279 g/mol. The van der Waals surface area contributed by atoms with Crippen molar-refractivity contribution in [3.05, 3.63) is 29.8 Å². The Morgan fingerprint density at radius 3 is 3.00 bits per heavy atom. The molecular formula is C15H21NO2S. The molecule has 2 rings (SSSR count). The molecule has 1 aromatic rings. The zero-order chi connectivity index (χ0) is 13.9. The molecule has 2 atom stereocenters. The highest BCUT2D eigenvalue weighted by Gasteiger charge is 2.40. The first-order valence-electron chi connectivity index (χ1n) is 6.64. The molecule has 1 aliphatic carbocycles. The van der Waals surface area contributed by atoms with E-state index in [1.54, 1.807) is 0 Å². The van der Waals surface area contributed by atoms with Crippen LogP contribution in [0.1, 0.15) is 31.2 Å². The smallest absolute Gasteiger partial charge is 0.325 e. The molecule has 2 unspecified atom stereocenters. The lowest BCUT2D eigenvalue weighted by atomic mass is 9.82. The highest BCUT2D eigenvalue weighted by atomic mass is 32.2. The average Bonchev–Trinajstić information content (AvgIpc) is 2.38. The van der Waals surface area contributed by atoms with Crippen molar-refractivity contribution in [1.29, 1.82) is 0 Å². The van der Waals surface area contributed by atoms with Gasteiger partial charge >= 0.3 is 5.97 Å². The van der Waals surface area contributed by atoms with Crippen LogP contribution in [0.5, 0.6) is 0 Å². The van der Waals surface area contributed by atoms with Crippen LogP contribution in [0.3, 0.4) is 0 Å². The van der Waals surface area contributed by atoms with E-state index >= 15 is 0 Å². The lowest BCUT2D eigenvalue weighted by Crippen LogP contribution is -2.52. The van der Waals surface area contributed by atoms with Crippen LogP contribution in [0.25, 0.3) is 0 Å². The number of carbonyl (C=O) groups is 1. The fraction of sp³-hybridized carbons (Fsp3) is 0.533. The first-order valence-corrected chi connectivity index (χ1v) is 7.52. The van der Waals surface area contributed by atoms with Crippen LogP contribution < -0.4 is 5.73 Å². The van der Waals surface area contributed by atoms with Crippen molar-refractivity contribution in [3.8, 4) is 0 Å². The minimum Gasteiger partial charge on any atom is -0.468 e. The van der Waals surface area contributed by atoms with Crippen molar-refractivity contribution < 1.29 is 9.53 Å². The molecule has 0 saturated heterocycles. The summed E-state index contributed by atoms with van der Waals surface area (Å²) < 4.78 is 4.84. The Kier molecular flexibility index (Phi) is 4.53. The zero-order valence-electron chi connectivity index (χ0n) is 11.5. The maximum atomic E-state index is 11.8. The predicted octanol–water partition coefficient (Wildman–Crippen LogP) is 2.90. The van der Waals surface area contributed by atoms with Crippen molar-refractivity contribution in [2.45, 2.75) is 48.3 Å². The average molecular weight is 279 g/mol. The van der Waals surface area contributed by atoms with Gasteiger partial charge in [-0.25, -0.2) is 0 Å². The molecule has 0 radical (unpaired) electrons. The molecule has 0 heterocycles. The molecule has 19 heavy (non-hydrogen) atoms. The largest absolute Gasteiger partial charge is 0.468 e. The number of carbonyl (C=O) groups excluding carboxylic acids is 1. The van der Waals surface area contributed by atoms with Gasteiger partial charge < -0.3 is 10.5 Å². The van der Waals surface area contributed by atoms with E-state index in [1.807, 2.05) is 11.8 Å². The van der Waals surface area contributed by atoms with Crippen molar-refractivity contribution in [2.24, 2.45) is 5.73 Å². The molecule has 0 spiro atoms. The number of hydrogen-bond acceptors (Lipinski definition) is 4. The zero-order valence-corrected chi connectivity index (χ0v) is 12.3. The number of esters is 1. The molecule has 3 nitrogen and oxygen atoms in total. The van der Waals surface area contributed by atoms with Gasteiger partial charge in [-0.2, -0.15) is 0 Å². The molecule has 1 aromatic carbocycles. The van der Waals surface area contributed by atoms with Crippen LogP contribution in [0.15, 0.2) is 29.2 Å². The second-order valence-corrected chi connectivity index (χ2v) is 6.67. The predicted molar refractivity (Wildman–Crippen MR) is 78.2 cm³/mol. The SMILES string of the molecule is COC(=O)C1(N)CCCC(Sc2cccc(C)c2)C1. The second-order valence-electron chi connectivity index (χ2n) is 5.30. The van der Waals surface area contributed by atoms with Crippen LogP contribution in [0, 0.1) is 6.92 Å². The molecule has 0 amide bonds. The van der Waals surface area contributed by atoms with Gasteiger partial charge in [0.2, 0.25) is 0 Å². The standard InChI is InChI=1S/C15H21NO2S/c1-11-5-3-6-12(9-11)19-13-7-4-8-15(16,10-13)14(17)18-2/h3,5-6,9,13H,4,7-8,10,16H2,1-2H3. The Morgan fingerprint density at radius 2 is 2.32 bits per heavy atom. The fourth-order valence-corrected chi connectivity index (χ4v) is 4.09. The van der Waals surface area contributed by atoms with E-state index in [2.05, 4.69) is 31.2 Å². The summed E-state index contributed by atoms with van der Waals surface area (Å²) in [5.41, 5.74) is 6.66.